The molecule has 8 heteroatoms. The Morgan fingerprint density at radius 3 is 2.15 bits per heavy atom. The first-order valence-corrected chi connectivity index (χ1v) is 11.6. The second-order valence-electron chi connectivity index (χ2n) is 11.2. The summed E-state index contributed by atoms with van der Waals surface area (Å²) in [7, 11) is 1.50. The summed E-state index contributed by atoms with van der Waals surface area (Å²) in [5, 5.41) is 2.99. The summed E-state index contributed by atoms with van der Waals surface area (Å²) in [5.41, 5.74) is -5.17. The zero-order valence-corrected chi connectivity index (χ0v) is 22.0. The van der Waals surface area contributed by atoms with Gasteiger partial charge in [0.15, 0.2) is 17.7 Å². The summed E-state index contributed by atoms with van der Waals surface area (Å²) in [4.78, 5) is 25.9. The third kappa shape index (κ3) is 3.75. The molecule has 2 heterocycles. The van der Waals surface area contributed by atoms with Crippen molar-refractivity contribution in [2.45, 2.75) is 96.7 Å². The van der Waals surface area contributed by atoms with Gasteiger partial charge in [0.1, 0.15) is 16.7 Å². The van der Waals surface area contributed by atoms with Crippen LogP contribution in [0.5, 0.6) is 0 Å². The summed E-state index contributed by atoms with van der Waals surface area (Å²) in [6.45, 7) is 15.8. The summed E-state index contributed by atoms with van der Waals surface area (Å²) < 4.78 is 31.7. The zero-order chi connectivity index (χ0) is 25.8. The lowest BCUT2D eigenvalue weighted by Crippen LogP contribution is -2.90. The number of hydrogen-bond donors (Lipinski definition) is 1. The third-order valence-electron chi connectivity index (χ3n) is 7.85. The molecule has 0 aromatic heterocycles. The number of nitrogens with one attached hydrogen (secondary N) is 1. The first-order valence-electron chi connectivity index (χ1n) is 11.6. The van der Waals surface area contributed by atoms with Crippen molar-refractivity contribution in [3.8, 4) is 0 Å². The molecule has 2 fully saturated rings. The molecule has 3 unspecified atom stereocenters. The van der Waals surface area contributed by atoms with Gasteiger partial charge in [0.05, 0.1) is 12.0 Å². The maximum Gasteiger partial charge on any atom is 0.311 e. The highest BCUT2D eigenvalue weighted by atomic mass is 16.8. The van der Waals surface area contributed by atoms with Crippen LogP contribution in [-0.4, -0.2) is 53.7 Å². The standard InChI is InChI=1S/C26H39NO7/c1-17(28)27-23(6)25(8,33-20(29)21(2,3)4)24(7)22(5,34-26(23,9)30-10)16-31-19(32-24)18-14-12-11-13-15-18/h11-15,19H,16H2,1-10H3,(H,27,28)/t19?,22?,23-,24+,25+,26?/m0/s1. The van der Waals surface area contributed by atoms with Crippen molar-refractivity contribution in [2.24, 2.45) is 5.41 Å². The molecule has 0 radical (unpaired) electrons. The largest absolute Gasteiger partial charge is 0.453 e. The van der Waals surface area contributed by atoms with Gasteiger partial charge in [0.2, 0.25) is 5.91 Å². The maximum atomic E-state index is 13.4. The molecule has 0 bridgehead atoms. The Morgan fingerprint density at radius 2 is 1.65 bits per heavy atom. The molecule has 1 aromatic rings. The van der Waals surface area contributed by atoms with E-state index in [0.29, 0.717) is 0 Å². The van der Waals surface area contributed by atoms with E-state index in [4.69, 9.17) is 23.7 Å². The van der Waals surface area contributed by atoms with Crippen molar-refractivity contribution < 1.29 is 33.3 Å². The highest BCUT2D eigenvalue weighted by molar-refractivity contribution is 5.77. The minimum absolute atomic E-state index is 0.140. The second kappa shape index (κ2) is 8.29. The van der Waals surface area contributed by atoms with E-state index in [1.54, 1.807) is 41.5 Å². The molecule has 6 atom stereocenters. The van der Waals surface area contributed by atoms with Crippen LogP contribution in [0.1, 0.15) is 74.2 Å². The molecule has 2 saturated heterocycles. The Labute approximate surface area is 202 Å². The Morgan fingerprint density at radius 1 is 1.06 bits per heavy atom. The molecule has 2 aliphatic rings. The summed E-state index contributed by atoms with van der Waals surface area (Å²) in [6.07, 6.45) is -0.732. The van der Waals surface area contributed by atoms with Crippen molar-refractivity contribution >= 4 is 11.9 Å². The predicted molar refractivity (Wildman–Crippen MR) is 126 cm³/mol. The smallest absolute Gasteiger partial charge is 0.311 e. The van der Waals surface area contributed by atoms with Crippen molar-refractivity contribution in [3.05, 3.63) is 35.9 Å². The van der Waals surface area contributed by atoms with Crippen molar-refractivity contribution in [2.75, 3.05) is 13.7 Å². The van der Waals surface area contributed by atoms with Gasteiger partial charge in [0.25, 0.3) is 0 Å². The van der Waals surface area contributed by atoms with Gasteiger partial charge in [0, 0.05) is 19.6 Å². The van der Waals surface area contributed by atoms with Crippen molar-refractivity contribution in [3.63, 3.8) is 0 Å². The van der Waals surface area contributed by atoms with E-state index in [9.17, 15) is 9.59 Å². The fraction of sp³-hybridized carbons (Fsp3) is 0.692. The number of esters is 1. The van der Waals surface area contributed by atoms with Crippen LogP contribution in [0.25, 0.3) is 0 Å². The van der Waals surface area contributed by atoms with Crippen LogP contribution >= 0.6 is 0 Å². The average Bonchev–Trinajstić information content (AvgIpc) is 2.74. The Balaban J connectivity index is 2.26. The third-order valence-corrected chi connectivity index (χ3v) is 7.85. The van der Waals surface area contributed by atoms with E-state index in [2.05, 4.69) is 5.32 Å². The number of ether oxygens (including phenoxy) is 5. The fourth-order valence-corrected chi connectivity index (χ4v) is 5.07. The minimum atomic E-state index is -1.45. The van der Waals surface area contributed by atoms with Crippen LogP contribution in [0.2, 0.25) is 0 Å². The molecule has 0 spiro atoms. The molecular formula is C26H39NO7. The molecule has 8 nitrogen and oxygen atoms in total. The lowest BCUT2D eigenvalue weighted by atomic mass is 9.58. The lowest BCUT2D eigenvalue weighted by Gasteiger charge is -2.70. The summed E-state index contributed by atoms with van der Waals surface area (Å²) in [6, 6.07) is 9.53. The Hall–Kier alpha value is -2.00. The number of carbonyl (C=O) groups excluding carboxylic acids is 2. The number of hydrogen-bond acceptors (Lipinski definition) is 7. The monoisotopic (exact) mass is 477 g/mol. The number of fused-ring (bicyclic) bond motifs is 1. The van der Waals surface area contributed by atoms with E-state index in [-0.39, 0.29) is 12.5 Å². The normalized spacial score (nSPS) is 40.2. The number of amides is 1. The van der Waals surface area contributed by atoms with E-state index in [0.717, 1.165) is 5.56 Å². The number of benzene rings is 1. The minimum Gasteiger partial charge on any atom is -0.453 e. The molecule has 2 aliphatic heterocycles. The van der Waals surface area contributed by atoms with Crippen LogP contribution in [0.3, 0.4) is 0 Å². The van der Waals surface area contributed by atoms with Gasteiger partial charge >= 0.3 is 5.97 Å². The highest BCUT2D eigenvalue weighted by Gasteiger charge is 2.80. The van der Waals surface area contributed by atoms with Crippen LogP contribution in [0.15, 0.2) is 30.3 Å². The van der Waals surface area contributed by atoms with E-state index in [1.165, 1.54) is 14.0 Å². The van der Waals surface area contributed by atoms with Gasteiger partial charge in [-0.1, -0.05) is 30.3 Å². The molecule has 1 amide bonds. The molecule has 1 N–H and O–H groups in total. The molecule has 34 heavy (non-hydrogen) atoms. The number of methoxy groups -OCH3 is 1. The average molecular weight is 478 g/mol. The lowest BCUT2D eigenvalue weighted by molar-refractivity contribution is -0.468. The first kappa shape index (κ1) is 26.6. The van der Waals surface area contributed by atoms with E-state index < -0.39 is 45.8 Å². The quantitative estimate of drug-likeness (QED) is 0.658. The fourth-order valence-electron chi connectivity index (χ4n) is 5.07. The molecule has 3 rings (SSSR count). The van der Waals surface area contributed by atoms with Crippen LogP contribution in [0.4, 0.5) is 0 Å². The van der Waals surface area contributed by atoms with Gasteiger partial charge in [-0.3, -0.25) is 9.59 Å². The van der Waals surface area contributed by atoms with Crippen LogP contribution in [0, 0.1) is 5.41 Å². The number of rotatable bonds is 4. The molecule has 190 valence electrons. The summed E-state index contributed by atoms with van der Waals surface area (Å²) in [5.74, 6) is -2.17. The zero-order valence-electron chi connectivity index (χ0n) is 22.0. The highest BCUT2D eigenvalue weighted by Crippen LogP contribution is 2.60. The van der Waals surface area contributed by atoms with E-state index >= 15 is 0 Å². The molecule has 0 saturated carbocycles. The van der Waals surface area contributed by atoms with Crippen LogP contribution < -0.4 is 5.32 Å². The maximum absolute atomic E-state index is 13.4. The summed E-state index contributed by atoms with van der Waals surface area (Å²) >= 11 is 0. The number of carbonyl (C=O) groups is 2. The van der Waals surface area contributed by atoms with Crippen molar-refractivity contribution in [1.82, 2.24) is 5.32 Å². The molecule has 0 aliphatic carbocycles. The first-order chi connectivity index (χ1) is 15.5. The Bertz CT molecular complexity index is 946. The van der Waals surface area contributed by atoms with Gasteiger partial charge in [-0.25, -0.2) is 0 Å². The topological polar surface area (TPSA) is 92.3 Å². The van der Waals surface area contributed by atoms with Crippen LogP contribution in [-0.2, 0) is 33.3 Å². The van der Waals surface area contributed by atoms with E-state index in [1.807, 2.05) is 44.2 Å². The van der Waals surface area contributed by atoms with Gasteiger partial charge in [-0.15, -0.1) is 0 Å². The second-order valence-corrected chi connectivity index (χ2v) is 11.2. The molecule has 1 aromatic carbocycles. The van der Waals surface area contributed by atoms with Gasteiger partial charge in [-0.2, -0.15) is 0 Å². The van der Waals surface area contributed by atoms with Crippen molar-refractivity contribution in [1.29, 1.82) is 0 Å². The SMILES string of the molecule is COC1(C)OC2(C)COC(c3ccccc3)O[C@@]2(C)[C@](C)(OC(=O)C(C)(C)C)[C@]1(C)NC(C)=O. The predicted octanol–water partition coefficient (Wildman–Crippen LogP) is 3.89. The Kier molecular flexibility index (Phi) is 6.49. The molecular weight excluding hydrogens is 438 g/mol. The van der Waals surface area contributed by atoms with Gasteiger partial charge < -0.3 is 29.0 Å². The van der Waals surface area contributed by atoms with Gasteiger partial charge in [-0.05, 0) is 55.4 Å².